The molecule has 2 aliphatic heterocycles. The van der Waals surface area contributed by atoms with Crippen LogP contribution < -0.4 is 9.47 Å². The fourth-order valence-electron chi connectivity index (χ4n) is 2.98. The van der Waals surface area contributed by atoms with E-state index in [1.165, 1.54) is 11.8 Å². The largest absolute Gasteiger partial charge is 0.486 e. The van der Waals surface area contributed by atoms with Gasteiger partial charge >= 0.3 is 0 Å². The number of pyridine rings is 1. The van der Waals surface area contributed by atoms with Crippen LogP contribution in [0.3, 0.4) is 0 Å². The van der Waals surface area contributed by atoms with E-state index in [2.05, 4.69) is 6.07 Å². The molecule has 4 rings (SSSR count). The Morgan fingerprint density at radius 2 is 1.84 bits per heavy atom. The number of morpholine rings is 1. The Balaban J connectivity index is 1.53. The Labute approximate surface area is 150 Å². The first-order valence-corrected chi connectivity index (χ1v) is 9.38. The Hall–Kier alpha value is -1.99. The number of rotatable bonds is 3. The predicted octanol–water partition coefficient (Wildman–Crippen LogP) is 2.27. The van der Waals surface area contributed by atoms with Crippen molar-refractivity contribution in [3.05, 3.63) is 23.8 Å². The van der Waals surface area contributed by atoms with E-state index in [1.54, 1.807) is 0 Å². The van der Waals surface area contributed by atoms with Crippen molar-refractivity contribution in [2.45, 2.75) is 11.9 Å². The van der Waals surface area contributed by atoms with Crippen molar-refractivity contribution in [1.29, 1.82) is 0 Å². The molecule has 0 atom stereocenters. The quantitative estimate of drug-likeness (QED) is 0.783. The standard InChI is InChI=1S/C18H20N2O4S/c1-12-8-13-9-15-16(24-7-6-23-15)10-14(13)19-18(12)25-11-17(21)20-2-4-22-5-3-20/h8-10H,2-7,11H2,1H3. The van der Waals surface area contributed by atoms with E-state index >= 15 is 0 Å². The Morgan fingerprint density at radius 1 is 1.12 bits per heavy atom. The van der Waals surface area contributed by atoms with Crippen LogP contribution in [-0.4, -0.2) is 61.1 Å². The fourth-order valence-corrected chi connectivity index (χ4v) is 3.87. The van der Waals surface area contributed by atoms with Crippen LogP contribution in [0.4, 0.5) is 0 Å². The summed E-state index contributed by atoms with van der Waals surface area (Å²) < 4.78 is 16.6. The van der Waals surface area contributed by atoms with Gasteiger partial charge in [0.15, 0.2) is 11.5 Å². The molecule has 3 heterocycles. The number of amides is 1. The molecular weight excluding hydrogens is 340 g/mol. The molecule has 0 unspecified atom stereocenters. The first-order valence-electron chi connectivity index (χ1n) is 8.40. The number of carbonyl (C=O) groups excluding carboxylic acids is 1. The van der Waals surface area contributed by atoms with E-state index in [0.717, 1.165) is 33.0 Å². The summed E-state index contributed by atoms with van der Waals surface area (Å²) in [5.74, 6) is 2.03. The summed E-state index contributed by atoms with van der Waals surface area (Å²) in [6, 6.07) is 5.97. The summed E-state index contributed by atoms with van der Waals surface area (Å²) in [6.45, 7) is 5.74. The lowest BCUT2D eigenvalue weighted by molar-refractivity contribution is -0.132. The molecule has 0 aliphatic carbocycles. The molecule has 1 saturated heterocycles. The van der Waals surface area contributed by atoms with E-state index < -0.39 is 0 Å². The van der Waals surface area contributed by atoms with Crippen molar-refractivity contribution in [1.82, 2.24) is 9.88 Å². The van der Waals surface area contributed by atoms with Crippen molar-refractivity contribution >= 4 is 28.6 Å². The number of ether oxygens (including phenoxy) is 3. The van der Waals surface area contributed by atoms with Gasteiger partial charge in [-0.3, -0.25) is 4.79 Å². The summed E-state index contributed by atoms with van der Waals surface area (Å²) in [6.07, 6.45) is 0. The van der Waals surface area contributed by atoms with Gasteiger partial charge in [-0.2, -0.15) is 0 Å². The Kier molecular flexibility index (Phi) is 4.67. The molecule has 6 nitrogen and oxygen atoms in total. The molecule has 132 valence electrons. The number of nitrogens with zero attached hydrogens (tertiary/aromatic N) is 2. The summed E-state index contributed by atoms with van der Waals surface area (Å²) in [4.78, 5) is 18.9. The lowest BCUT2D eigenvalue weighted by atomic mass is 10.1. The lowest BCUT2D eigenvalue weighted by Gasteiger charge is -2.26. The topological polar surface area (TPSA) is 60.9 Å². The minimum Gasteiger partial charge on any atom is -0.486 e. The Bertz CT molecular complexity index is 805. The normalized spacial score (nSPS) is 16.9. The number of benzene rings is 1. The summed E-state index contributed by atoms with van der Waals surface area (Å²) in [7, 11) is 0. The highest BCUT2D eigenvalue weighted by atomic mass is 32.2. The summed E-state index contributed by atoms with van der Waals surface area (Å²) in [5.41, 5.74) is 1.92. The molecule has 1 aromatic carbocycles. The second-order valence-corrected chi connectivity index (χ2v) is 7.04. The van der Waals surface area contributed by atoms with Crippen molar-refractivity contribution in [2.75, 3.05) is 45.3 Å². The molecule has 7 heteroatoms. The zero-order valence-corrected chi connectivity index (χ0v) is 14.9. The highest BCUT2D eigenvalue weighted by Crippen LogP contribution is 2.35. The number of hydrogen-bond donors (Lipinski definition) is 0. The number of carbonyl (C=O) groups is 1. The van der Waals surface area contributed by atoms with Gasteiger partial charge in [-0.15, -0.1) is 0 Å². The third-order valence-corrected chi connectivity index (χ3v) is 5.40. The molecular formula is C18H20N2O4S. The van der Waals surface area contributed by atoms with Crippen molar-refractivity contribution in [3.63, 3.8) is 0 Å². The molecule has 0 radical (unpaired) electrons. The minimum atomic E-state index is 0.136. The molecule has 0 N–H and O–H groups in total. The van der Waals surface area contributed by atoms with Gasteiger partial charge in [-0.05, 0) is 24.6 Å². The van der Waals surface area contributed by atoms with Crippen LogP contribution in [-0.2, 0) is 9.53 Å². The van der Waals surface area contributed by atoms with Gasteiger partial charge in [-0.25, -0.2) is 4.98 Å². The van der Waals surface area contributed by atoms with Crippen molar-refractivity contribution in [3.8, 4) is 11.5 Å². The first-order chi connectivity index (χ1) is 12.2. The van der Waals surface area contributed by atoms with Gasteiger partial charge in [0.2, 0.25) is 5.91 Å². The van der Waals surface area contributed by atoms with Gasteiger partial charge in [0.05, 0.1) is 24.5 Å². The fraction of sp³-hybridized carbons (Fsp3) is 0.444. The van der Waals surface area contributed by atoms with Gasteiger partial charge in [0.1, 0.15) is 18.2 Å². The van der Waals surface area contributed by atoms with Crippen LogP contribution >= 0.6 is 11.8 Å². The molecule has 25 heavy (non-hydrogen) atoms. The Morgan fingerprint density at radius 3 is 2.60 bits per heavy atom. The van der Waals surface area contributed by atoms with E-state index in [4.69, 9.17) is 19.2 Å². The zero-order chi connectivity index (χ0) is 17.2. The average Bonchev–Trinajstić information content (AvgIpc) is 2.65. The van der Waals surface area contributed by atoms with E-state index in [9.17, 15) is 4.79 Å². The highest BCUT2D eigenvalue weighted by Gasteiger charge is 2.18. The van der Waals surface area contributed by atoms with Gasteiger partial charge in [-0.1, -0.05) is 11.8 Å². The molecule has 2 aromatic rings. The van der Waals surface area contributed by atoms with E-state index in [-0.39, 0.29) is 5.91 Å². The van der Waals surface area contributed by atoms with E-state index in [0.29, 0.717) is 45.3 Å². The third-order valence-electron chi connectivity index (χ3n) is 4.32. The van der Waals surface area contributed by atoms with Crippen LogP contribution in [0.1, 0.15) is 5.56 Å². The maximum absolute atomic E-state index is 12.3. The molecule has 0 saturated carbocycles. The number of hydrogen-bond acceptors (Lipinski definition) is 6. The minimum absolute atomic E-state index is 0.136. The number of fused-ring (bicyclic) bond motifs is 2. The van der Waals surface area contributed by atoms with Gasteiger partial charge in [0, 0.05) is 24.5 Å². The smallest absolute Gasteiger partial charge is 0.233 e. The van der Waals surface area contributed by atoms with Crippen LogP contribution in [0.15, 0.2) is 23.2 Å². The second-order valence-electron chi connectivity index (χ2n) is 6.08. The second kappa shape index (κ2) is 7.09. The molecule has 1 amide bonds. The molecule has 2 aliphatic rings. The first kappa shape index (κ1) is 16.5. The summed E-state index contributed by atoms with van der Waals surface area (Å²) in [5, 5.41) is 1.90. The number of aromatic nitrogens is 1. The van der Waals surface area contributed by atoms with Gasteiger partial charge < -0.3 is 19.1 Å². The predicted molar refractivity (Wildman–Crippen MR) is 95.6 cm³/mol. The zero-order valence-electron chi connectivity index (χ0n) is 14.1. The third kappa shape index (κ3) is 3.52. The van der Waals surface area contributed by atoms with Gasteiger partial charge in [0.25, 0.3) is 0 Å². The van der Waals surface area contributed by atoms with Crippen LogP contribution in [0, 0.1) is 6.92 Å². The number of aryl methyl sites for hydroxylation is 1. The van der Waals surface area contributed by atoms with Crippen LogP contribution in [0.5, 0.6) is 11.5 Å². The molecule has 0 spiro atoms. The SMILES string of the molecule is Cc1cc2cc3c(cc2nc1SCC(=O)N1CCOCC1)OCCO3. The lowest BCUT2D eigenvalue weighted by Crippen LogP contribution is -2.41. The highest BCUT2D eigenvalue weighted by molar-refractivity contribution is 7.99. The molecule has 1 aromatic heterocycles. The van der Waals surface area contributed by atoms with Crippen LogP contribution in [0.2, 0.25) is 0 Å². The monoisotopic (exact) mass is 360 g/mol. The average molecular weight is 360 g/mol. The maximum Gasteiger partial charge on any atom is 0.233 e. The van der Waals surface area contributed by atoms with Crippen molar-refractivity contribution < 1.29 is 19.0 Å². The summed E-state index contributed by atoms with van der Waals surface area (Å²) >= 11 is 1.49. The van der Waals surface area contributed by atoms with Crippen molar-refractivity contribution in [2.24, 2.45) is 0 Å². The van der Waals surface area contributed by atoms with Crippen LogP contribution in [0.25, 0.3) is 10.9 Å². The molecule has 1 fully saturated rings. The molecule has 0 bridgehead atoms. The van der Waals surface area contributed by atoms with E-state index in [1.807, 2.05) is 24.0 Å². The maximum atomic E-state index is 12.3. The number of thioether (sulfide) groups is 1.